The Balaban J connectivity index is 0.00000264. The summed E-state index contributed by atoms with van der Waals surface area (Å²) in [5.41, 5.74) is 1.06. The number of aromatic nitrogens is 1. The topological polar surface area (TPSA) is 57.3 Å². The van der Waals surface area contributed by atoms with Crippen LogP contribution in [0.2, 0.25) is 0 Å². The number of nitrogens with one attached hydrogen (secondary N) is 2. The molecule has 0 bridgehead atoms. The van der Waals surface area contributed by atoms with Crippen LogP contribution in [0.1, 0.15) is 44.1 Å². The zero-order valence-electron chi connectivity index (χ0n) is 14.4. The minimum atomic E-state index is 0. The summed E-state index contributed by atoms with van der Waals surface area (Å²) in [6.45, 7) is 3.65. The molecule has 24 heavy (non-hydrogen) atoms. The van der Waals surface area contributed by atoms with Crippen molar-refractivity contribution in [2.75, 3.05) is 31.6 Å². The van der Waals surface area contributed by atoms with Crippen molar-refractivity contribution < 1.29 is 4.79 Å². The molecule has 0 unspecified atom stereocenters. The Labute approximate surface area is 157 Å². The molecule has 0 saturated carbocycles. The number of hydrogen-bond donors (Lipinski definition) is 2. The highest BCUT2D eigenvalue weighted by Crippen LogP contribution is 2.17. The van der Waals surface area contributed by atoms with E-state index in [1.165, 1.54) is 25.7 Å². The van der Waals surface area contributed by atoms with E-state index in [1.54, 1.807) is 0 Å². The molecule has 0 aliphatic carbocycles. The van der Waals surface area contributed by atoms with Crippen molar-refractivity contribution in [2.45, 2.75) is 45.1 Å². The highest BCUT2D eigenvalue weighted by Gasteiger charge is 2.10. The van der Waals surface area contributed by atoms with Crippen LogP contribution in [0.5, 0.6) is 0 Å². The average molecular weight is 377 g/mol. The summed E-state index contributed by atoms with van der Waals surface area (Å²) in [4.78, 5) is 18.6. The van der Waals surface area contributed by atoms with Gasteiger partial charge >= 0.3 is 0 Å². The van der Waals surface area contributed by atoms with Gasteiger partial charge in [0.25, 0.3) is 0 Å². The Morgan fingerprint density at radius 2 is 1.88 bits per heavy atom. The first kappa shape index (κ1) is 23.0. The van der Waals surface area contributed by atoms with Crippen LogP contribution < -0.4 is 15.5 Å². The molecule has 1 fully saturated rings. The van der Waals surface area contributed by atoms with Crippen molar-refractivity contribution >= 4 is 36.5 Å². The standard InChI is InChI=1S/C17H28N4O.2ClH/c1-18-10-6-7-17(22)20-14-15-8-9-16(19-13-15)21-11-4-2-3-5-12-21;;/h8-9,13,18H,2-7,10-12,14H2,1H3,(H,20,22);2*1H. The fourth-order valence-electron chi connectivity index (χ4n) is 2.72. The maximum Gasteiger partial charge on any atom is 0.220 e. The monoisotopic (exact) mass is 376 g/mol. The molecule has 1 saturated heterocycles. The maximum atomic E-state index is 11.7. The van der Waals surface area contributed by atoms with Crippen LogP contribution in [0.25, 0.3) is 0 Å². The second kappa shape index (κ2) is 13.3. The number of carbonyl (C=O) groups excluding carboxylic acids is 1. The molecule has 138 valence electrons. The van der Waals surface area contributed by atoms with Gasteiger partial charge in [-0.15, -0.1) is 24.8 Å². The molecular formula is C17H30Cl2N4O. The number of pyridine rings is 1. The summed E-state index contributed by atoms with van der Waals surface area (Å²) in [7, 11) is 1.90. The minimum absolute atomic E-state index is 0. The van der Waals surface area contributed by atoms with Gasteiger partial charge in [-0.25, -0.2) is 4.98 Å². The SMILES string of the molecule is CNCCCC(=O)NCc1ccc(N2CCCCCC2)nc1.Cl.Cl. The van der Waals surface area contributed by atoms with E-state index in [1.807, 2.05) is 13.2 Å². The van der Waals surface area contributed by atoms with Crippen LogP contribution in [0.15, 0.2) is 18.3 Å². The Bertz CT molecular complexity index is 448. The Kier molecular flexibility index (Phi) is 12.7. The van der Waals surface area contributed by atoms with Crippen LogP contribution in [0.4, 0.5) is 5.82 Å². The number of carbonyl (C=O) groups is 1. The Morgan fingerprint density at radius 3 is 2.46 bits per heavy atom. The molecule has 0 atom stereocenters. The van der Waals surface area contributed by atoms with Crippen molar-refractivity contribution in [3.8, 4) is 0 Å². The molecule has 7 heteroatoms. The van der Waals surface area contributed by atoms with Crippen LogP contribution in [-0.2, 0) is 11.3 Å². The van der Waals surface area contributed by atoms with Crippen molar-refractivity contribution in [3.63, 3.8) is 0 Å². The summed E-state index contributed by atoms with van der Waals surface area (Å²) < 4.78 is 0. The van der Waals surface area contributed by atoms with Gasteiger partial charge in [-0.1, -0.05) is 18.9 Å². The number of anilines is 1. The Hall–Kier alpha value is -1.04. The number of amides is 1. The number of halogens is 2. The van der Waals surface area contributed by atoms with Gasteiger partial charge in [0, 0.05) is 32.3 Å². The van der Waals surface area contributed by atoms with Gasteiger partial charge in [0.2, 0.25) is 5.91 Å². The van der Waals surface area contributed by atoms with Crippen molar-refractivity contribution in [1.82, 2.24) is 15.6 Å². The van der Waals surface area contributed by atoms with Gasteiger partial charge in [0.05, 0.1) is 0 Å². The molecule has 0 spiro atoms. The van der Waals surface area contributed by atoms with Gasteiger partial charge in [-0.2, -0.15) is 0 Å². The van der Waals surface area contributed by atoms with E-state index in [0.29, 0.717) is 13.0 Å². The number of hydrogen-bond acceptors (Lipinski definition) is 4. The van der Waals surface area contributed by atoms with E-state index in [9.17, 15) is 4.79 Å². The van der Waals surface area contributed by atoms with Crippen molar-refractivity contribution in [2.24, 2.45) is 0 Å². The lowest BCUT2D eigenvalue weighted by molar-refractivity contribution is -0.121. The van der Waals surface area contributed by atoms with Gasteiger partial charge in [-0.3, -0.25) is 4.79 Å². The molecule has 5 nitrogen and oxygen atoms in total. The predicted octanol–water partition coefficient (Wildman–Crippen LogP) is 2.92. The fourth-order valence-corrected chi connectivity index (χ4v) is 2.72. The smallest absolute Gasteiger partial charge is 0.220 e. The Morgan fingerprint density at radius 1 is 1.17 bits per heavy atom. The molecule has 1 aromatic rings. The third kappa shape index (κ3) is 8.18. The molecule has 2 N–H and O–H groups in total. The van der Waals surface area contributed by atoms with Gasteiger partial charge in [0.1, 0.15) is 5.82 Å². The van der Waals surface area contributed by atoms with Gasteiger partial charge < -0.3 is 15.5 Å². The van der Waals surface area contributed by atoms with Crippen molar-refractivity contribution in [3.05, 3.63) is 23.9 Å². The molecule has 0 aromatic carbocycles. The molecule has 1 aromatic heterocycles. The molecule has 1 aliphatic heterocycles. The van der Waals surface area contributed by atoms with E-state index in [4.69, 9.17) is 0 Å². The van der Waals surface area contributed by atoms with E-state index < -0.39 is 0 Å². The average Bonchev–Trinajstić information content (AvgIpc) is 2.83. The normalized spacial score (nSPS) is 14.1. The van der Waals surface area contributed by atoms with E-state index in [2.05, 4.69) is 32.7 Å². The second-order valence-corrected chi connectivity index (χ2v) is 5.91. The summed E-state index contributed by atoms with van der Waals surface area (Å²) in [6.07, 6.45) is 8.49. The molecule has 1 amide bonds. The van der Waals surface area contributed by atoms with Gasteiger partial charge in [-0.05, 0) is 44.5 Å². The zero-order chi connectivity index (χ0) is 15.6. The molecule has 0 radical (unpaired) electrons. The minimum Gasteiger partial charge on any atom is -0.357 e. The number of nitrogens with zero attached hydrogens (tertiary/aromatic N) is 2. The van der Waals surface area contributed by atoms with Crippen LogP contribution in [-0.4, -0.2) is 37.6 Å². The summed E-state index contributed by atoms with van der Waals surface area (Å²) >= 11 is 0. The number of rotatable bonds is 7. The van der Waals surface area contributed by atoms with Gasteiger partial charge in [0.15, 0.2) is 0 Å². The zero-order valence-corrected chi connectivity index (χ0v) is 16.1. The van der Waals surface area contributed by atoms with Crippen LogP contribution >= 0.6 is 24.8 Å². The highest BCUT2D eigenvalue weighted by molar-refractivity contribution is 5.85. The highest BCUT2D eigenvalue weighted by atomic mass is 35.5. The largest absolute Gasteiger partial charge is 0.357 e. The molecule has 2 rings (SSSR count). The molecular weight excluding hydrogens is 347 g/mol. The van der Waals surface area contributed by atoms with E-state index in [0.717, 1.165) is 37.4 Å². The van der Waals surface area contributed by atoms with Crippen LogP contribution in [0.3, 0.4) is 0 Å². The van der Waals surface area contributed by atoms with Crippen molar-refractivity contribution in [1.29, 1.82) is 0 Å². The van der Waals surface area contributed by atoms with E-state index in [-0.39, 0.29) is 30.7 Å². The first-order valence-corrected chi connectivity index (χ1v) is 8.41. The third-order valence-electron chi connectivity index (χ3n) is 4.06. The summed E-state index contributed by atoms with van der Waals surface area (Å²) in [5, 5.41) is 5.99. The molecule has 1 aliphatic rings. The first-order valence-electron chi connectivity index (χ1n) is 8.41. The fraction of sp³-hybridized carbons (Fsp3) is 0.647. The maximum absolute atomic E-state index is 11.7. The van der Waals surface area contributed by atoms with E-state index >= 15 is 0 Å². The summed E-state index contributed by atoms with van der Waals surface area (Å²) in [6, 6.07) is 4.15. The lowest BCUT2D eigenvalue weighted by Gasteiger charge is -2.21. The third-order valence-corrected chi connectivity index (χ3v) is 4.06. The molecule has 2 heterocycles. The lowest BCUT2D eigenvalue weighted by atomic mass is 10.2. The second-order valence-electron chi connectivity index (χ2n) is 5.91. The van der Waals surface area contributed by atoms with Crippen LogP contribution in [0, 0.1) is 0 Å². The quantitative estimate of drug-likeness (QED) is 0.718. The first-order chi connectivity index (χ1) is 10.8. The predicted molar refractivity (Wildman–Crippen MR) is 104 cm³/mol. The lowest BCUT2D eigenvalue weighted by Crippen LogP contribution is -2.25. The summed E-state index contributed by atoms with van der Waals surface area (Å²) in [5.74, 6) is 1.16.